The number of amides is 4. The summed E-state index contributed by atoms with van der Waals surface area (Å²) in [5.74, 6) is -0.566. The van der Waals surface area contributed by atoms with Gasteiger partial charge in [-0.1, -0.05) is 37.3 Å². The van der Waals surface area contributed by atoms with E-state index in [1.807, 2.05) is 56.3 Å². The van der Waals surface area contributed by atoms with Crippen molar-refractivity contribution in [3.05, 3.63) is 57.8 Å². The number of carbonyl (C=O) groups is 3. The van der Waals surface area contributed by atoms with E-state index in [2.05, 4.69) is 5.32 Å². The summed E-state index contributed by atoms with van der Waals surface area (Å²) < 4.78 is 0. The first kappa shape index (κ1) is 21.0. The van der Waals surface area contributed by atoms with Crippen LogP contribution in [0.15, 0.2) is 42.5 Å². The van der Waals surface area contributed by atoms with Crippen LogP contribution >= 0.6 is 11.3 Å². The Bertz CT molecular complexity index is 896. The molecular formula is C22H27N3O3S. The zero-order valence-electron chi connectivity index (χ0n) is 17.1. The molecule has 0 unspecified atom stereocenters. The maximum Gasteiger partial charge on any atom is 0.325 e. The first-order valence-electron chi connectivity index (χ1n) is 9.83. The van der Waals surface area contributed by atoms with Crippen molar-refractivity contribution in [1.82, 2.24) is 15.1 Å². The Morgan fingerprint density at radius 2 is 1.90 bits per heavy atom. The molecule has 0 spiro atoms. The average molecular weight is 414 g/mol. The molecule has 29 heavy (non-hydrogen) atoms. The standard InChI is InChI=1S/C22H27N3O3S/c1-4-22(3)20(27)25(21(28)23-22)15-19(26)24(14-18-11-10-16(2)29-18)13-12-17-8-6-5-7-9-17/h5-11H,4,12-15H2,1-3H3,(H,23,28)/t22-/m0/s1. The van der Waals surface area contributed by atoms with Gasteiger partial charge in [-0.2, -0.15) is 0 Å². The molecule has 0 bridgehead atoms. The van der Waals surface area contributed by atoms with E-state index >= 15 is 0 Å². The zero-order chi connectivity index (χ0) is 21.0. The molecule has 0 saturated carbocycles. The Balaban J connectivity index is 1.72. The molecule has 0 aliphatic carbocycles. The van der Waals surface area contributed by atoms with Crippen molar-refractivity contribution in [2.24, 2.45) is 0 Å². The quantitative estimate of drug-likeness (QED) is 0.675. The number of hydrogen-bond acceptors (Lipinski definition) is 4. The Labute approximate surface area is 175 Å². The van der Waals surface area contributed by atoms with Gasteiger partial charge in [-0.25, -0.2) is 4.79 Å². The summed E-state index contributed by atoms with van der Waals surface area (Å²) in [5, 5.41) is 2.70. The van der Waals surface area contributed by atoms with Gasteiger partial charge < -0.3 is 10.2 Å². The minimum absolute atomic E-state index is 0.226. The second kappa shape index (κ2) is 8.78. The number of hydrogen-bond donors (Lipinski definition) is 1. The van der Waals surface area contributed by atoms with E-state index in [1.165, 1.54) is 4.88 Å². The fourth-order valence-electron chi connectivity index (χ4n) is 3.32. The molecule has 1 aliphatic heterocycles. The molecule has 1 N–H and O–H groups in total. The third kappa shape index (κ3) is 4.85. The largest absolute Gasteiger partial charge is 0.336 e. The molecule has 2 heterocycles. The van der Waals surface area contributed by atoms with E-state index in [1.54, 1.807) is 23.2 Å². The molecule has 1 atom stereocenters. The lowest BCUT2D eigenvalue weighted by molar-refractivity contribution is -0.139. The summed E-state index contributed by atoms with van der Waals surface area (Å²) >= 11 is 1.65. The predicted molar refractivity (Wildman–Crippen MR) is 114 cm³/mol. The molecule has 154 valence electrons. The fourth-order valence-corrected chi connectivity index (χ4v) is 4.23. The van der Waals surface area contributed by atoms with Crippen LogP contribution in [0.3, 0.4) is 0 Å². The van der Waals surface area contributed by atoms with Crippen LogP contribution in [0.1, 0.15) is 35.6 Å². The third-order valence-corrected chi connectivity index (χ3v) is 6.34. The van der Waals surface area contributed by atoms with Crippen molar-refractivity contribution in [2.75, 3.05) is 13.1 Å². The third-order valence-electron chi connectivity index (χ3n) is 5.35. The van der Waals surface area contributed by atoms with Crippen LogP contribution in [0.5, 0.6) is 0 Å². The molecule has 1 fully saturated rings. The molecule has 1 aromatic heterocycles. The van der Waals surface area contributed by atoms with Crippen LogP contribution in [-0.4, -0.2) is 46.3 Å². The summed E-state index contributed by atoms with van der Waals surface area (Å²) in [4.78, 5) is 43.0. The van der Waals surface area contributed by atoms with Gasteiger partial charge in [0, 0.05) is 16.3 Å². The van der Waals surface area contributed by atoms with Gasteiger partial charge in [-0.05, 0) is 44.4 Å². The monoisotopic (exact) mass is 413 g/mol. The number of nitrogens with zero attached hydrogens (tertiary/aromatic N) is 2. The van der Waals surface area contributed by atoms with Gasteiger partial charge in [0.2, 0.25) is 5.91 Å². The van der Waals surface area contributed by atoms with Crippen LogP contribution in [0.25, 0.3) is 0 Å². The lowest BCUT2D eigenvalue weighted by Crippen LogP contribution is -2.45. The summed E-state index contributed by atoms with van der Waals surface area (Å²) in [6.45, 7) is 6.32. The number of aryl methyl sites for hydroxylation is 1. The highest BCUT2D eigenvalue weighted by Crippen LogP contribution is 2.22. The van der Waals surface area contributed by atoms with Gasteiger partial charge in [-0.15, -0.1) is 11.3 Å². The Hall–Kier alpha value is -2.67. The predicted octanol–water partition coefficient (Wildman–Crippen LogP) is 3.35. The molecule has 1 aromatic carbocycles. The van der Waals surface area contributed by atoms with Crippen LogP contribution in [0, 0.1) is 6.92 Å². The van der Waals surface area contributed by atoms with Crippen LogP contribution < -0.4 is 5.32 Å². The SMILES string of the molecule is CC[C@]1(C)NC(=O)N(CC(=O)N(CCc2ccccc2)Cc2ccc(C)s2)C1=O. The van der Waals surface area contributed by atoms with Gasteiger partial charge in [0.15, 0.2) is 0 Å². The van der Waals surface area contributed by atoms with Crippen molar-refractivity contribution in [1.29, 1.82) is 0 Å². The second-order valence-corrected chi connectivity index (χ2v) is 8.94. The normalized spacial score (nSPS) is 18.8. The molecule has 1 aliphatic rings. The van der Waals surface area contributed by atoms with E-state index < -0.39 is 11.6 Å². The highest BCUT2D eigenvalue weighted by molar-refractivity contribution is 7.11. The Kier molecular flexibility index (Phi) is 6.37. The molecule has 3 rings (SSSR count). The summed E-state index contributed by atoms with van der Waals surface area (Å²) in [6, 6.07) is 13.5. The summed E-state index contributed by atoms with van der Waals surface area (Å²) in [7, 11) is 0. The Morgan fingerprint density at radius 1 is 1.17 bits per heavy atom. The molecular weight excluding hydrogens is 386 g/mol. The lowest BCUT2D eigenvalue weighted by atomic mass is 9.99. The maximum absolute atomic E-state index is 13.1. The van der Waals surface area contributed by atoms with Crippen molar-refractivity contribution < 1.29 is 14.4 Å². The van der Waals surface area contributed by atoms with Gasteiger partial charge >= 0.3 is 6.03 Å². The van der Waals surface area contributed by atoms with E-state index in [0.717, 1.165) is 15.3 Å². The molecule has 2 aromatic rings. The lowest BCUT2D eigenvalue weighted by Gasteiger charge is -2.25. The molecule has 0 radical (unpaired) electrons. The zero-order valence-corrected chi connectivity index (χ0v) is 17.9. The van der Waals surface area contributed by atoms with Gasteiger partial charge in [0.25, 0.3) is 5.91 Å². The molecule has 6 nitrogen and oxygen atoms in total. The number of thiophene rings is 1. The fraction of sp³-hybridized carbons (Fsp3) is 0.409. The molecule has 7 heteroatoms. The first-order chi connectivity index (χ1) is 13.8. The number of nitrogens with one attached hydrogen (secondary N) is 1. The molecule has 1 saturated heterocycles. The van der Waals surface area contributed by atoms with E-state index in [-0.39, 0.29) is 18.4 Å². The Morgan fingerprint density at radius 3 is 2.48 bits per heavy atom. The maximum atomic E-state index is 13.1. The number of urea groups is 1. The van der Waals surface area contributed by atoms with Crippen molar-refractivity contribution >= 4 is 29.2 Å². The number of benzene rings is 1. The van der Waals surface area contributed by atoms with Crippen LogP contribution in [-0.2, 0) is 22.6 Å². The summed E-state index contributed by atoms with van der Waals surface area (Å²) in [5.41, 5.74) is 0.207. The van der Waals surface area contributed by atoms with E-state index in [4.69, 9.17) is 0 Å². The summed E-state index contributed by atoms with van der Waals surface area (Å²) in [6.07, 6.45) is 1.19. The minimum atomic E-state index is -0.933. The number of imide groups is 1. The van der Waals surface area contributed by atoms with Crippen molar-refractivity contribution in [3.63, 3.8) is 0 Å². The number of rotatable bonds is 8. The average Bonchev–Trinajstić information content (AvgIpc) is 3.22. The second-order valence-electron chi connectivity index (χ2n) is 7.57. The van der Waals surface area contributed by atoms with E-state index in [0.29, 0.717) is 25.9 Å². The van der Waals surface area contributed by atoms with Crippen LogP contribution in [0.4, 0.5) is 4.79 Å². The highest BCUT2D eigenvalue weighted by Gasteiger charge is 2.47. The van der Waals surface area contributed by atoms with Crippen LogP contribution in [0.2, 0.25) is 0 Å². The minimum Gasteiger partial charge on any atom is -0.336 e. The highest BCUT2D eigenvalue weighted by atomic mass is 32.1. The van der Waals surface area contributed by atoms with Gasteiger partial charge in [-0.3, -0.25) is 14.5 Å². The topological polar surface area (TPSA) is 69.7 Å². The number of carbonyl (C=O) groups excluding carboxylic acids is 3. The smallest absolute Gasteiger partial charge is 0.325 e. The molecule has 4 amide bonds. The van der Waals surface area contributed by atoms with Crippen molar-refractivity contribution in [3.8, 4) is 0 Å². The van der Waals surface area contributed by atoms with E-state index in [9.17, 15) is 14.4 Å². The van der Waals surface area contributed by atoms with Gasteiger partial charge in [0.05, 0.1) is 6.54 Å². The first-order valence-corrected chi connectivity index (χ1v) is 10.6. The van der Waals surface area contributed by atoms with Crippen molar-refractivity contribution in [2.45, 2.75) is 45.7 Å². The van der Waals surface area contributed by atoms with Gasteiger partial charge in [0.1, 0.15) is 12.1 Å².